The lowest BCUT2D eigenvalue weighted by Gasteiger charge is -2.02. The fourth-order valence-electron chi connectivity index (χ4n) is 0.333. The van der Waals surface area contributed by atoms with Gasteiger partial charge in [-0.1, -0.05) is 13.2 Å². The number of rotatable bonds is 5. The van der Waals surface area contributed by atoms with Crippen LogP contribution in [-0.4, -0.2) is 18.3 Å². The molecule has 0 aromatic heterocycles. The van der Waals surface area contributed by atoms with Gasteiger partial charge in [0.05, 0.1) is 6.26 Å². The summed E-state index contributed by atoms with van der Waals surface area (Å²) in [6.45, 7) is 7.71. The van der Waals surface area contributed by atoms with E-state index in [1.165, 1.54) is 12.3 Å². The lowest BCUT2D eigenvalue weighted by molar-refractivity contribution is 0.177. The third kappa shape index (κ3) is 5.31. The van der Waals surface area contributed by atoms with Crippen molar-refractivity contribution in [2.24, 2.45) is 0 Å². The highest BCUT2D eigenvalue weighted by Crippen LogP contribution is 1.83. The normalized spacial score (nSPS) is 8.00. The maximum atomic E-state index is 4.93. The topological polar surface area (TPSA) is 18.5 Å². The van der Waals surface area contributed by atoms with Crippen LogP contribution in [-0.2, 0) is 9.47 Å². The van der Waals surface area contributed by atoms with Gasteiger partial charge >= 0.3 is 0 Å². The predicted molar refractivity (Wildman–Crippen MR) is 44.9 cm³/mol. The zero-order valence-corrected chi connectivity index (χ0v) is 6.52. The van der Waals surface area contributed by atoms with E-state index in [1.54, 1.807) is 0 Å². The van der Waals surface area contributed by atoms with Gasteiger partial charge in [-0.15, -0.1) is 0 Å². The van der Waals surface area contributed by atoms with Crippen molar-refractivity contribution in [2.45, 2.75) is 0 Å². The maximum absolute atomic E-state index is 4.93. The van der Waals surface area contributed by atoms with Gasteiger partial charge < -0.3 is 9.47 Å². The first-order valence-electron chi connectivity index (χ1n) is 2.83. The molecule has 0 N–H and O–H groups in total. The summed E-state index contributed by atoms with van der Waals surface area (Å²) in [7, 11) is 0. The van der Waals surface area contributed by atoms with Crippen LogP contribution in [0.15, 0.2) is 25.5 Å². The van der Waals surface area contributed by atoms with Crippen molar-refractivity contribution in [3.63, 3.8) is 0 Å². The first-order chi connectivity index (χ1) is 4.81. The minimum atomic E-state index is 0.396. The maximum Gasteiger partial charge on any atom is 0.183 e. The van der Waals surface area contributed by atoms with Crippen LogP contribution in [0, 0.1) is 0 Å². The average Bonchev–Trinajstić information content (AvgIpc) is 1.98. The number of thiocarbonyl (C=S) groups is 1. The second kappa shape index (κ2) is 6.29. The molecule has 2 nitrogen and oxygen atoms in total. The molecule has 0 atom stereocenters. The minimum absolute atomic E-state index is 0.396. The van der Waals surface area contributed by atoms with Crippen molar-refractivity contribution in [3.05, 3.63) is 25.5 Å². The molecule has 0 saturated carbocycles. The molecule has 0 unspecified atom stereocenters. The van der Waals surface area contributed by atoms with Gasteiger partial charge in [-0.05, 0) is 18.3 Å². The van der Waals surface area contributed by atoms with Crippen LogP contribution in [0.4, 0.5) is 0 Å². The molecule has 0 aromatic rings. The van der Waals surface area contributed by atoms with Crippen molar-refractivity contribution < 1.29 is 9.47 Å². The van der Waals surface area contributed by atoms with Crippen molar-refractivity contribution in [1.29, 1.82) is 0 Å². The van der Waals surface area contributed by atoms with Gasteiger partial charge in [0, 0.05) is 0 Å². The SMILES string of the molecule is C=COCCOC(=S)C=C. The lowest BCUT2D eigenvalue weighted by atomic mass is 10.7. The molecule has 0 fully saturated rings. The summed E-state index contributed by atoms with van der Waals surface area (Å²) in [5.74, 6) is 0. The zero-order chi connectivity index (χ0) is 7.82. The standard InChI is InChI=1S/C7H10O2S/c1-3-7(10)9-6-5-8-4-2/h3-4H,1-2,5-6H2. The van der Waals surface area contributed by atoms with E-state index in [0.29, 0.717) is 18.3 Å². The fraction of sp³-hybridized carbons (Fsp3) is 0.286. The molecule has 0 aromatic carbocycles. The van der Waals surface area contributed by atoms with E-state index in [-0.39, 0.29) is 0 Å². The Kier molecular flexibility index (Phi) is 5.77. The fourth-order valence-corrected chi connectivity index (χ4v) is 0.416. The van der Waals surface area contributed by atoms with E-state index >= 15 is 0 Å². The highest BCUT2D eigenvalue weighted by atomic mass is 32.1. The van der Waals surface area contributed by atoms with Gasteiger partial charge in [-0.25, -0.2) is 0 Å². The Morgan fingerprint density at radius 3 is 2.60 bits per heavy atom. The Morgan fingerprint density at radius 1 is 1.40 bits per heavy atom. The van der Waals surface area contributed by atoms with Gasteiger partial charge in [0.1, 0.15) is 13.2 Å². The predicted octanol–water partition coefficient (Wildman–Crippen LogP) is 1.68. The monoisotopic (exact) mass is 158 g/mol. The Hall–Kier alpha value is -0.830. The molecule has 0 saturated heterocycles. The van der Waals surface area contributed by atoms with Crippen LogP contribution >= 0.6 is 12.2 Å². The molecule has 10 heavy (non-hydrogen) atoms. The van der Waals surface area contributed by atoms with Crippen molar-refractivity contribution in [3.8, 4) is 0 Å². The highest BCUT2D eigenvalue weighted by Gasteiger charge is 1.88. The van der Waals surface area contributed by atoms with Crippen LogP contribution in [0.5, 0.6) is 0 Å². The molecule has 0 spiro atoms. The summed E-state index contributed by atoms with van der Waals surface area (Å²) in [4.78, 5) is 0. The molecule has 0 aliphatic heterocycles. The Balaban J connectivity index is 3.11. The number of hydrogen-bond acceptors (Lipinski definition) is 3. The molecule has 56 valence electrons. The van der Waals surface area contributed by atoms with E-state index in [2.05, 4.69) is 25.4 Å². The summed E-state index contributed by atoms with van der Waals surface area (Å²) >= 11 is 4.68. The van der Waals surface area contributed by atoms with Gasteiger partial charge in [-0.3, -0.25) is 0 Å². The van der Waals surface area contributed by atoms with Gasteiger partial charge in [0.25, 0.3) is 0 Å². The van der Waals surface area contributed by atoms with Crippen LogP contribution < -0.4 is 0 Å². The second-order valence-corrected chi connectivity index (χ2v) is 1.81. The minimum Gasteiger partial charge on any atom is -0.498 e. The molecule has 3 heteroatoms. The van der Waals surface area contributed by atoms with E-state index in [1.807, 2.05) is 0 Å². The number of ether oxygens (including phenoxy) is 2. The summed E-state index contributed by atoms with van der Waals surface area (Å²) in [5.41, 5.74) is 0. The molecule has 0 heterocycles. The summed E-state index contributed by atoms with van der Waals surface area (Å²) in [5, 5.41) is 0.396. The van der Waals surface area contributed by atoms with Crippen LogP contribution in [0.3, 0.4) is 0 Å². The van der Waals surface area contributed by atoms with E-state index < -0.39 is 0 Å². The number of hydrogen-bond donors (Lipinski definition) is 0. The first kappa shape index (κ1) is 9.17. The third-order valence-electron chi connectivity index (χ3n) is 0.730. The Bertz CT molecular complexity index is 132. The van der Waals surface area contributed by atoms with E-state index in [4.69, 9.17) is 9.47 Å². The van der Waals surface area contributed by atoms with Gasteiger partial charge in [-0.2, -0.15) is 0 Å². The largest absolute Gasteiger partial charge is 0.498 e. The van der Waals surface area contributed by atoms with Crippen LogP contribution in [0.2, 0.25) is 0 Å². The summed E-state index contributed by atoms with van der Waals surface area (Å²) in [6.07, 6.45) is 2.84. The van der Waals surface area contributed by atoms with E-state index in [9.17, 15) is 0 Å². The van der Waals surface area contributed by atoms with Gasteiger partial charge in [0.15, 0.2) is 5.05 Å². The Labute approximate surface area is 66.1 Å². The first-order valence-corrected chi connectivity index (χ1v) is 3.23. The van der Waals surface area contributed by atoms with Crippen molar-refractivity contribution in [1.82, 2.24) is 0 Å². The third-order valence-corrected chi connectivity index (χ3v) is 1.01. The van der Waals surface area contributed by atoms with Gasteiger partial charge in [0.2, 0.25) is 0 Å². The molecule has 0 rings (SSSR count). The molecule has 0 bridgehead atoms. The lowest BCUT2D eigenvalue weighted by Crippen LogP contribution is -2.04. The van der Waals surface area contributed by atoms with Crippen LogP contribution in [0.1, 0.15) is 0 Å². The summed E-state index contributed by atoms with van der Waals surface area (Å²) in [6, 6.07) is 0. The molecular weight excluding hydrogens is 148 g/mol. The summed E-state index contributed by atoms with van der Waals surface area (Å²) < 4.78 is 9.71. The van der Waals surface area contributed by atoms with Crippen LogP contribution in [0.25, 0.3) is 0 Å². The second-order valence-electron chi connectivity index (χ2n) is 1.41. The molecular formula is C7H10O2S. The molecule has 0 aliphatic carbocycles. The molecule has 0 aliphatic rings. The highest BCUT2D eigenvalue weighted by molar-refractivity contribution is 7.80. The van der Waals surface area contributed by atoms with Crippen molar-refractivity contribution >= 4 is 17.3 Å². The Morgan fingerprint density at radius 2 is 2.10 bits per heavy atom. The van der Waals surface area contributed by atoms with Crippen molar-refractivity contribution in [2.75, 3.05) is 13.2 Å². The molecule has 0 amide bonds. The zero-order valence-electron chi connectivity index (χ0n) is 5.71. The average molecular weight is 158 g/mol. The van der Waals surface area contributed by atoms with E-state index in [0.717, 1.165) is 0 Å². The quantitative estimate of drug-likeness (QED) is 0.262. The molecule has 0 radical (unpaired) electrons. The smallest absolute Gasteiger partial charge is 0.183 e.